The van der Waals surface area contributed by atoms with E-state index in [4.69, 9.17) is 13.7 Å². The van der Waals surface area contributed by atoms with Gasteiger partial charge in [0.2, 0.25) is 5.78 Å². The van der Waals surface area contributed by atoms with Crippen molar-refractivity contribution >= 4 is 28.5 Å². The van der Waals surface area contributed by atoms with Gasteiger partial charge >= 0.3 is 0 Å². The lowest BCUT2D eigenvalue weighted by molar-refractivity contribution is -0.117. The van der Waals surface area contributed by atoms with E-state index < -0.39 is 23.5 Å². The molecule has 5 rings (SSSR count). The summed E-state index contributed by atoms with van der Waals surface area (Å²) in [7, 11) is 0. The van der Waals surface area contributed by atoms with Crippen LogP contribution in [-0.2, 0) is 4.79 Å². The third-order valence-electron chi connectivity index (χ3n) is 5.47. The van der Waals surface area contributed by atoms with Gasteiger partial charge in [0.05, 0.1) is 18.2 Å². The molecular weight excluding hydrogens is 424 g/mol. The quantitative estimate of drug-likeness (QED) is 0.421. The molecule has 0 spiro atoms. The Morgan fingerprint density at radius 2 is 1.91 bits per heavy atom. The molecule has 1 amide bonds. The van der Waals surface area contributed by atoms with Crippen molar-refractivity contribution in [3.05, 3.63) is 89.1 Å². The molecule has 0 bridgehead atoms. The number of ether oxygens (including phenoxy) is 1. The number of Topliss-reactive ketones (excluding diaryl/α,β-unsaturated/α-hetero) is 1. The van der Waals surface area contributed by atoms with Gasteiger partial charge in [-0.05, 0) is 43.7 Å². The molecule has 0 radical (unpaired) electrons. The fourth-order valence-electron chi connectivity index (χ4n) is 4.00. The van der Waals surface area contributed by atoms with E-state index in [1.165, 1.54) is 4.90 Å². The molecule has 2 aromatic heterocycles. The van der Waals surface area contributed by atoms with Crippen LogP contribution >= 0.6 is 0 Å². The van der Waals surface area contributed by atoms with E-state index in [0.29, 0.717) is 29.3 Å². The largest absolute Gasteiger partial charge is 0.503 e. The second-order valence-corrected chi connectivity index (χ2v) is 7.62. The van der Waals surface area contributed by atoms with Crippen LogP contribution in [-0.4, -0.2) is 28.6 Å². The second-order valence-electron chi connectivity index (χ2n) is 7.62. The van der Waals surface area contributed by atoms with Crippen LogP contribution in [0.2, 0.25) is 0 Å². The SMILES string of the molecule is CCOc1ccc([C@@H]2C(C(=O)c3cc4ccccc4o3)=C(O)C(=O)N2c2cc(C)on2)cc1. The zero-order valence-corrected chi connectivity index (χ0v) is 17.9. The molecule has 33 heavy (non-hydrogen) atoms. The molecule has 2 aromatic carbocycles. The smallest absolute Gasteiger partial charge is 0.295 e. The van der Waals surface area contributed by atoms with Crippen LogP contribution in [0.5, 0.6) is 5.75 Å². The van der Waals surface area contributed by atoms with E-state index in [1.807, 2.05) is 19.1 Å². The summed E-state index contributed by atoms with van der Waals surface area (Å²) >= 11 is 0. The van der Waals surface area contributed by atoms with Gasteiger partial charge in [-0.1, -0.05) is 35.5 Å². The Balaban J connectivity index is 1.63. The number of rotatable bonds is 6. The van der Waals surface area contributed by atoms with Gasteiger partial charge in [0.25, 0.3) is 5.91 Å². The summed E-state index contributed by atoms with van der Waals surface area (Å²) in [4.78, 5) is 27.9. The third-order valence-corrected chi connectivity index (χ3v) is 5.47. The molecule has 0 saturated carbocycles. The van der Waals surface area contributed by atoms with Gasteiger partial charge in [0.1, 0.15) is 17.1 Å². The van der Waals surface area contributed by atoms with E-state index in [2.05, 4.69) is 5.16 Å². The van der Waals surface area contributed by atoms with Gasteiger partial charge in [-0.15, -0.1) is 0 Å². The standard InChI is InChI=1S/C25H20N2O6/c1-3-31-17-10-8-15(9-11-17)22-21(23(28)19-13-16-6-4-5-7-18(16)32-19)24(29)25(30)27(22)20-12-14(2)33-26-20/h4-13,22,29H,3H2,1-2H3/t22-/m1/s1. The maximum Gasteiger partial charge on any atom is 0.295 e. The third kappa shape index (κ3) is 3.45. The van der Waals surface area contributed by atoms with E-state index >= 15 is 0 Å². The van der Waals surface area contributed by atoms with Crippen molar-refractivity contribution in [3.63, 3.8) is 0 Å². The minimum Gasteiger partial charge on any atom is -0.503 e. The molecule has 1 aliphatic rings. The molecule has 0 saturated heterocycles. The zero-order chi connectivity index (χ0) is 23.1. The van der Waals surface area contributed by atoms with Crippen LogP contribution in [0.1, 0.15) is 34.8 Å². The molecule has 0 aliphatic carbocycles. The van der Waals surface area contributed by atoms with Crippen LogP contribution in [0.15, 0.2) is 80.9 Å². The van der Waals surface area contributed by atoms with E-state index in [9.17, 15) is 14.7 Å². The Hall–Kier alpha value is -4.33. The number of nitrogens with zero attached hydrogens (tertiary/aromatic N) is 2. The van der Waals surface area contributed by atoms with Gasteiger partial charge in [-0.3, -0.25) is 14.5 Å². The molecule has 0 unspecified atom stereocenters. The average Bonchev–Trinajstić information content (AvgIpc) is 3.51. The number of anilines is 1. The fourth-order valence-corrected chi connectivity index (χ4v) is 4.00. The molecule has 1 atom stereocenters. The summed E-state index contributed by atoms with van der Waals surface area (Å²) < 4.78 is 16.4. The van der Waals surface area contributed by atoms with Crippen molar-refractivity contribution < 1.29 is 28.4 Å². The summed E-state index contributed by atoms with van der Waals surface area (Å²) in [6.45, 7) is 4.07. The number of carbonyl (C=O) groups is 2. The summed E-state index contributed by atoms with van der Waals surface area (Å²) in [5.74, 6) is -0.636. The molecule has 166 valence electrons. The fraction of sp³-hybridized carbons (Fsp3) is 0.160. The van der Waals surface area contributed by atoms with Crippen molar-refractivity contribution in [2.24, 2.45) is 0 Å². The van der Waals surface area contributed by atoms with Crippen molar-refractivity contribution in [2.45, 2.75) is 19.9 Å². The topological polar surface area (TPSA) is 106 Å². The zero-order valence-electron chi connectivity index (χ0n) is 17.9. The van der Waals surface area contributed by atoms with Gasteiger partial charge in [0.15, 0.2) is 17.3 Å². The maximum atomic E-state index is 13.5. The number of ketones is 1. The molecule has 4 aromatic rings. The molecule has 8 nitrogen and oxygen atoms in total. The lowest BCUT2D eigenvalue weighted by atomic mass is 9.95. The monoisotopic (exact) mass is 444 g/mol. The van der Waals surface area contributed by atoms with E-state index in [1.54, 1.807) is 55.5 Å². The molecular formula is C25H20N2O6. The van der Waals surface area contributed by atoms with Crippen LogP contribution in [0.25, 0.3) is 11.0 Å². The molecule has 1 N–H and O–H groups in total. The number of benzene rings is 2. The first-order valence-electron chi connectivity index (χ1n) is 10.4. The highest BCUT2D eigenvalue weighted by Gasteiger charge is 2.46. The Labute approximate surface area is 188 Å². The predicted molar refractivity (Wildman–Crippen MR) is 119 cm³/mol. The Bertz CT molecular complexity index is 1360. The van der Waals surface area contributed by atoms with E-state index in [0.717, 1.165) is 5.39 Å². The van der Waals surface area contributed by atoms with E-state index in [-0.39, 0.29) is 17.2 Å². The number of aryl methyl sites for hydroxylation is 1. The first kappa shape index (κ1) is 20.6. The van der Waals surface area contributed by atoms with Crippen molar-refractivity contribution in [3.8, 4) is 5.75 Å². The number of furan rings is 1. The first-order valence-corrected chi connectivity index (χ1v) is 10.4. The number of hydrogen-bond acceptors (Lipinski definition) is 7. The predicted octanol–water partition coefficient (Wildman–Crippen LogP) is 4.91. The van der Waals surface area contributed by atoms with Gasteiger partial charge in [0, 0.05) is 11.5 Å². The number of para-hydroxylation sites is 1. The second kappa shape index (κ2) is 7.98. The van der Waals surface area contributed by atoms with Gasteiger partial charge < -0.3 is 18.8 Å². The summed E-state index contributed by atoms with van der Waals surface area (Å²) in [6.07, 6.45) is 0. The van der Waals surface area contributed by atoms with Crippen LogP contribution in [0.3, 0.4) is 0 Å². The number of amides is 1. The lowest BCUT2D eigenvalue weighted by Crippen LogP contribution is -2.31. The highest BCUT2D eigenvalue weighted by atomic mass is 16.5. The number of aromatic nitrogens is 1. The number of hydrogen-bond donors (Lipinski definition) is 1. The van der Waals surface area contributed by atoms with Crippen molar-refractivity contribution in [2.75, 3.05) is 11.5 Å². The Morgan fingerprint density at radius 1 is 1.15 bits per heavy atom. The molecule has 3 heterocycles. The average molecular weight is 444 g/mol. The van der Waals surface area contributed by atoms with Crippen molar-refractivity contribution in [1.29, 1.82) is 0 Å². The highest BCUT2D eigenvalue weighted by molar-refractivity contribution is 6.20. The van der Waals surface area contributed by atoms with Gasteiger partial charge in [-0.25, -0.2) is 0 Å². The first-order chi connectivity index (χ1) is 16.0. The molecule has 0 fully saturated rings. The summed E-state index contributed by atoms with van der Waals surface area (Å²) in [5.41, 5.74) is 1.03. The van der Waals surface area contributed by atoms with Crippen LogP contribution < -0.4 is 9.64 Å². The lowest BCUT2D eigenvalue weighted by Gasteiger charge is -2.24. The normalized spacial score (nSPS) is 16.1. The molecule has 1 aliphatic heterocycles. The Kier molecular flexibility index (Phi) is 4.97. The maximum absolute atomic E-state index is 13.5. The van der Waals surface area contributed by atoms with Crippen LogP contribution in [0, 0.1) is 6.92 Å². The van der Waals surface area contributed by atoms with Crippen molar-refractivity contribution in [1.82, 2.24) is 5.16 Å². The Morgan fingerprint density at radius 3 is 2.58 bits per heavy atom. The number of aliphatic hydroxyl groups excluding tert-OH is 1. The minimum atomic E-state index is -0.932. The highest BCUT2D eigenvalue weighted by Crippen LogP contribution is 2.42. The molecule has 8 heteroatoms. The number of fused-ring (bicyclic) bond motifs is 1. The van der Waals surface area contributed by atoms with Crippen LogP contribution in [0.4, 0.5) is 5.82 Å². The van der Waals surface area contributed by atoms with Gasteiger partial charge in [-0.2, -0.15) is 0 Å². The summed E-state index contributed by atoms with van der Waals surface area (Å²) in [6, 6.07) is 16.4. The summed E-state index contributed by atoms with van der Waals surface area (Å²) in [5, 5.41) is 15.5. The number of aliphatic hydroxyl groups is 1. The minimum absolute atomic E-state index is 0.0275. The number of carbonyl (C=O) groups excluding carboxylic acids is 2.